The Hall–Kier alpha value is -2.56. The minimum Gasteiger partial charge on any atom is -0.497 e. The van der Waals surface area contributed by atoms with Crippen LogP contribution in [0.4, 0.5) is 0 Å². The van der Waals surface area contributed by atoms with Gasteiger partial charge in [-0.1, -0.05) is 0 Å². The van der Waals surface area contributed by atoms with Crippen molar-refractivity contribution in [1.82, 2.24) is 4.98 Å². The van der Waals surface area contributed by atoms with Crippen molar-refractivity contribution in [3.05, 3.63) is 42.1 Å². The maximum absolute atomic E-state index is 12.0. The van der Waals surface area contributed by atoms with Crippen molar-refractivity contribution in [3.8, 4) is 22.8 Å². The largest absolute Gasteiger partial charge is 0.497 e. The lowest BCUT2D eigenvalue weighted by molar-refractivity contribution is 0.0527. The molecule has 1 aromatic heterocycles. The van der Waals surface area contributed by atoms with Crippen LogP contribution in [0.25, 0.3) is 11.3 Å². The zero-order valence-corrected chi connectivity index (χ0v) is 12.3. The van der Waals surface area contributed by atoms with Gasteiger partial charge in [0, 0.05) is 17.8 Å². The SMILES string of the molecule is CCOC(=O)c1cccnc1-c1ccc(OC)cc1OC. The molecule has 110 valence electrons. The van der Waals surface area contributed by atoms with E-state index in [1.165, 1.54) is 0 Å². The highest BCUT2D eigenvalue weighted by molar-refractivity contribution is 5.96. The third-order valence-corrected chi connectivity index (χ3v) is 2.97. The van der Waals surface area contributed by atoms with Gasteiger partial charge in [0.25, 0.3) is 0 Å². The molecule has 2 aromatic rings. The van der Waals surface area contributed by atoms with E-state index in [1.54, 1.807) is 51.6 Å². The van der Waals surface area contributed by atoms with Crippen molar-refractivity contribution in [1.29, 1.82) is 0 Å². The molecule has 1 aromatic carbocycles. The molecular formula is C16H17NO4. The zero-order valence-electron chi connectivity index (χ0n) is 12.3. The summed E-state index contributed by atoms with van der Waals surface area (Å²) in [5, 5.41) is 0. The second-order valence-corrected chi connectivity index (χ2v) is 4.19. The summed E-state index contributed by atoms with van der Waals surface area (Å²) in [6.45, 7) is 2.08. The van der Waals surface area contributed by atoms with Crippen LogP contribution in [0, 0.1) is 0 Å². The van der Waals surface area contributed by atoms with Crippen LogP contribution in [-0.2, 0) is 4.74 Å². The Morgan fingerprint density at radius 3 is 2.67 bits per heavy atom. The molecule has 0 aliphatic carbocycles. The minimum absolute atomic E-state index is 0.312. The first kappa shape index (κ1) is 14.8. The summed E-state index contributed by atoms with van der Waals surface area (Å²) < 4.78 is 15.6. The van der Waals surface area contributed by atoms with Gasteiger partial charge in [0.15, 0.2) is 0 Å². The standard InChI is InChI=1S/C16H17NO4/c1-4-21-16(18)13-6-5-9-17-15(13)12-8-7-11(19-2)10-14(12)20-3/h5-10H,4H2,1-3H3. The molecule has 0 N–H and O–H groups in total. The first-order valence-corrected chi connectivity index (χ1v) is 6.55. The number of methoxy groups -OCH3 is 2. The molecule has 0 aliphatic rings. The highest BCUT2D eigenvalue weighted by Crippen LogP contribution is 2.34. The van der Waals surface area contributed by atoms with Crippen LogP contribution >= 0.6 is 0 Å². The van der Waals surface area contributed by atoms with E-state index >= 15 is 0 Å². The molecule has 5 nitrogen and oxygen atoms in total. The fourth-order valence-electron chi connectivity index (χ4n) is 1.99. The summed E-state index contributed by atoms with van der Waals surface area (Å²) in [4.78, 5) is 16.3. The Balaban J connectivity index is 2.54. The van der Waals surface area contributed by atoms with Crippen LogP contribution in [-0.4, -0.2) is 31.8 Å². The third kappa shape index (κ3) is 3.13. The predicted octanol–water partition coefficient (Wildman–Crippen LogP) is 2.94. The van der Waals surface area contributed by atoms with Crippen molar-refractivity contribution in [2.75, 3.05) is 20.8 Å². The van der Waals surface area contributed by atoms with Crippen LogP contribution in [0.15, 0.2) is 36.5 Å². The summed E-state index contributed by atoms with van der Waals surface area (Å²) in [6.07, 6.45) is 1.63. The van der Waals surface area contributed by atoms with Gasteiger partial charge in [-0.05, 0) is 31.2 Å². The molecule has 1 heterocycles. The Kier molecular flexibility index (Phi) is 4.77. The van der Waals surface area contributed by atoms with Crippen LogP contribution in [0.5, 0.6) is 11.5 Å². The van der Waals surface area contributed by atoms with E-state index in [4.69, 9.17) is 14.2 Å². The van der Waals surface area contributed by atoms with E-state index in [2.05, 4.69) is 4.98 Å². The summed E-state index contributed by atoms with van der Waals surface area (Å²) in [5.74, 6) is 0.848. The average Bonchev–Trinajstić information content (AvgIpc) is 2.54. The van der Waals surface area contributed by atoms with Crippen molar-refractivity contribution in [2.24, 2.45) is 0 Å². The number of pyridine rings is 1. The molecule has 5 heteroatoms. The number of carbonyl (C=O) groups is 1. The first-order valence-electron chi connectivity index (χ1n) is 6.55. The van der Waals surface area contributed by atoms with Crippen LogP contribution in [0.2, 0.25) is 0 Å². The van der Waals surface area contributed by atoms with E-state index in [1.807, 2.05) is 6.07 Å². The summed E-state index contributed by atoms with van der Waals surface area (Å²) in [5.41, 5.74) is 1.64. The molecule has 2 rings (SSSR count). The fourth-order valence-corrected chi connectivity index (χ4v) is 1.99. The van der Waals surface area contributed by atoms with Crippen LogP contribution < -0.4 is 9.47 Å². The van der Waals surface area contributed by atoms with Gasteiger partial charge in [-0.3, -0.25) is 4.98 Å². The number of nitrogens with zero attached hydrogens (tertiary/aromatic N) is 1. The molecule has 0 radical (unpaired) electrons. The first-order chi connectivity index (χ1) is 10.2. The highest BCUT2D eigenvalue weighted by Gasteiger charge is 2.18. The molecule has 0 saturated carbocycles. The number of rotatable bonds is 5. The lowest BCUT2D eigenvalue weighted by atomic mass is 10.0. The zero-order chi connectivity index (χ0) is 15.2. The van der Waals surface area contributed by atoms with Crippen molar-refractivity contribution < 1.29 is 19.0 Å². The van der Waals surface area contributed by atoms with E-state index < -0.39 is 5.97 Å². The normalized spacial score (nSPS) is 10.0. The second kappa shape index (κ2) is 6.74. The van der Waals surface area contributed by atoms with E-state index in [9.17, 15) is 4.79 Å². The Bertz CT molecular complexity index is 640. The van der Waals surface area contributed by atoms with Gasteiger partial charge in [0.1, 0.15) is 11.5 Å². The predicted molar refractivity (Wildman–Crippen MR) is 78.7 cm³/mol. The molecule has 0 amide bonds. The number of ether oxygens (including phenoxy) is 3. The van der Waals surface area contributed by atoms with Crippen LogP contribution in [0.1, 0.15) is 17.3 Å². The molecular weight excluding hydrogens is 270 g/mol. The van der Waals surface area contributed by atoms with Crippen molar-refractivity contribution in [2.45, 2.75) is 6.92 Å². The van der Waals surface area contributed by atoms with E-state index in [0.717, 1.165) is 0 Å². The summed E-state index contributed by atoms with van der Waals surface area (Å²) >= 11 is 0. The van der Waals surface area contributed by atoms with Gasteiger partial charge in [0.2, 0.25) is 0 Å². The molecule has 0 atom stereocenters. The topological polar surface area (TPSA) is 57.7 Å². The molecule has 0 fully saturated rings. The quantitative estimate of drug-likeness (QED) is 0.791. The smallest absolute Gasteiger partial charge is 0.340 e. The van der Waals surface area contributed by atoms with Gasteiger partial charge in [-0.15, -0.1) is 0 Å². The van der Waals surface area contributed by atoms with Gasteiger partial charge in [-0.2, -0.15) is 0 Å². The number of benzene rings is 1. The molecule has 0 aliphatic heterocycles. The lowest BCUT2D eigenvalue weighted by Crippen LogP contribution is -2.07. The molecule has 21 heavy (non-hydrogen) atoms. The lowest BCUT2D eigenvalue weighted by Gasteiger charge is -2.12. The van der Waals surface area contributed by atoms with Gasteiger partial charge >= 0.3 is 5.97 Å². The monoisotopic (exact) mass is 287 g/mol. The van der Waals surface area contributed by atoms with E-state index in [-0.39, 0.29) is 0 Å². The summed E-state index contributed by atoms with van der Waals surface area (Å²) in [6, 6.07) is 8.74. The number of hydrogen-bond donors (Lipinski definition) is 0. The van der Waals surface area contributed by atoms with Crippen LogP contribution in [0.3, 0.4) is 0 Å². The third-order valence-electron chi connectivity index (χ3n) is 2.97. The molecule has 0 bridgehead atoms. The van der Waals surface area contributed by atoms with E-state index in [0.29, 0.717) is 34.9 Å². The molecule has 0 saturated heterocycles. The Labute approximate surface area is 123 Å². The fraction of sp³-hybridized carbons (Fsp3) is 0.250. The average molecular weight is 287 g/mol. The minimum atomic E-state index is -0.404. The number of hydrogen-bond acceptors (Lipinski definition) is 5. The van der Waals surface area contributed by atoms with Crippen molar-refractivity contribution >= 4 is 5.97 Å². The number of aromatic nitrogens is 1. The number of carbonyl (C=O) groups excluding carboxylic acids is 1. The molecule has 0 spiro atoms. The number of esters is 1. The summed E-state index contributed by atoms with van der Waals surface area (Å²) in [7, 11) is 3.14. The van der Waals surface area contributed by atoms with Gasteiger partial charge in [-0.25, -0.2) is 4.79 Å². The van der Waals surface area contributed by atoms with Gasteiger partial charge in [0.05, 0.1) is 32.1 Å². The van der Waals surface area contributed by atoms with Gasteiger partial charge < -0.3 is 14.2 Å². The maximum Gasteiger partial charge on any atom is 0.340 e. The Morgan fingerprint density at radius 1 is 1.19 bits per heavy atom. The highest BCUT2D eigenvalue weighted by atomic mass is 16.5. The second-order valence-electron chi connectivity index (χ2n) is 4.19. The van der Waals surface area contributed by atoms with Crippen molar-refractivity contribution in [3.63, 3.8) is 0 Å². The maximum atomic E-state index is 12.0. The molecule has 0 unspecified atom stereocenters. The Morgan fingerprint density at radius 2 is 2.00 bits per heavy atom.